The Labute approximate surface area is 184 Å². The fourth-order valence-corrected chi connectivity index (χ4v) is 3.22. The number of benzene rings is 2. The number of aromatic nitrogens is 2. The summed E-state index contributed by atoms with van der Waals surface area (Å²) < 4.78 is 6.76. The van der Waals surface area contributed by atoms with Crippen LogP contribution in [0.1, 0.15) is 44.7 Å². The lowest BCUT2D eigenvalue weighted by Crippen LogP contribution is -2.25. The lowest BCUT2D eigenvalue weighted by atomic mass is 10.1. The minimum atomic E-state index is -0.615. The van der Waals surface area contributed by atoms with Crippen LogP contribution in [-0.2, 0) is 4.79 Å². The minimum Gasteiger partial charge on any atom is -0.484 e. The Hall–Kier alpha value is -4.14. The van der Waals surface area contributed by atoms with Gasteiger partial charge < -0.3 is 21.5 Å². The molecule has 2 amide bonds. The lowest BCUT2D eigenvalue weighted by molar-refractivity contribution is -0.119. The number of rotatable bonds is 8. The van der Waals surface area contributed by atoms with Crippen molar-refractivity contribution in [1.29, 1.82) is 0 Å². The van der Waals surface area contributed by atoms with E-state index in [1.165, 1.54) is 10.7 Å². The van der Waals surface area contributed by atoms with E-state index >= 15 is 0 Å². The fourth-order valence-electron chi connectivity index (χ4n) is 3.22. The molecular formula is C23H23N5O4. The second kappa shape index (κ2) is 8.54. The van der Waals surface area contributed by atoms with Gasteiger partial charge in [-0.05, 0) is 49.6 Å². The molecule has 1 aliphatic rings. The highest BCUT2D eigenvalue weighted by Crippen LogP contribution is 2.24. The third-order valence-corrected chi connectivity index (χ3v) is 5.10. The molecule has 1 heterocycles. The summed E-state index contributed by atoms with van der Waals surface area (Å²) in [4.78, 5) is 36.4. The van der Waals surface area contributed by atoms with E-state index in [4.69, 9.17) is 16.2 Å². The number of nitrogens with zero attached hydrogens (tertiary/aromatic N) is 2. The first-order chi connectivity index (χ1) is 15.3. The van der Waals surface area contributed by atoms with Crippen molar-refractivity contribution in [2.45, 2.75) is 25.8 Å². The zero-order chi connectivity index (χ0) is 22.8. The first-order valence-electron chi connectivity index (χ1n) is 10.1. The van der Waals surface area contributed by atoms with Crippen molar-refractivity contribution in [1.82, 2.24) is 15.1 Å². The van der Waals surface area contributed by atoms with Gasteiger partial charge in [0, 0.05) is 23.4 Å². The first-order valence-corrected chi connectivity index (χ1v) is 10.1. The number of anilines is 1. The quantitative estimate of drug-likeness (QED) is 0.462. The predicted molar refractivity (Wildman–Crippen MR) is 118 cm³/mol. The smallest absolute Gasteiger partial charge is 0.255 e. The van der Waals surface area contributed by atoms with Crippen LogP contribution in [0, 0.1) is 6.92 Å². The number of hydrogen-bond acceptors (Lipinski definition) is 6. The standard InChI is InChI=1S/C23H23N5O4/c1-13-5-6-15(23(31)26-16-7-8-16)10-19(13)28-11-18(22(25)27-28)21(30)14-3-2-4-17(9-14)32-12-20(24)29/h2-6,9-11,16H,7-8,12H2,1H3,(H2,24,29)(H2,25,27)(H,26,31). The maximum atomic E-state index is 13.0. The van der Waals surface area contributed by atoms with Crippen LogP contribution in [0.2, 0.25) is 0 Å². The van der Waals surface area contributed by atoms with E-state index in [0.29, 0.717) is 22.6 Å². The summed E-state index contributed by atoms with van der Waals surface area (Å²) in [6.45, 7) is 1.60. The monoisotopic (exact) mass is 433 g/mol. The Morgan fingerprint density at radius 1 is 1.16 bits per heavy atom. The van der Waals surface area contributed by atoms with Crippen molar-refractivity contribution in [2.24, 2.45) is 5.73 Å². The molecule has 0 spiro atoms. The number of carbonyl (C=O) groups excluding carboxylic acids is 3. The molecule has 1 saturated carbocycles. The molecule has 9 nitrogen and oxygen atoms in total. The molecule has 164 valence electrons. The van der Waals surface area contributed by atoms with Crippen LogP contribution in [0.5, 0.6) is 5.75 Å². The molecule has 0 bridgehead atoms. The summed E-state index contributed by atoms with van der Waals surface area (Å²) in [6, 6.07) is 11.9. The number of nitrogens with two attached hydrogens (primary N) is 2. The van der Waals surface area contributed by atoms with Gasteiger partial charge >= 0.3 is 0 Å². The van der Waals surface area contributed by atoms with Gasteiger partial charge in [0.2, 0.25) is 0 Å². The average Bonchev–Trinajstić information content (AvgIpc) is 3.51. The molecular weight excluding hydrogens is 410 g/mol. The third kappa shape index (κ3) is 4.61. The van der Waals surface area contributed by atoms with Crippen molar-refractivity contribution < 1.29 is 19.1 Å². The number of carbonyl (C=O) groups is 3. The topological polar surface area (TPSA) is 142 Å². The van der Waals surface area contributed by atoms with Gasteiger partial charge in [0.05, 0.1) is 11.3 Å². The molecule has 1 aromatic heterocycles. The maximum absolute atomic E-state index is 13.0. The van der Waals surface area contributed by atoms with Crippen LogP contribution >= 0.6 is 0 Å². The number of hydrogen-bond donors (Lipinski definition) is 3. The van der Waals surface area contributed by atoms with E-state index in [1.54, 1.807) is 36.5 Å². The molecule has 0 atom stereocenters. The Morgan fingerprint density at radius 2 is 1.94 bits per heavy atom. The molecule has 0 radical (unpaired) electrons. The van der Waals surface area contributed by atoms with Crippen molar-refractivity contribution in [3.8, 4) is 11.4 Å². The molecule has 3 aromatic rings. The van der Waals surface area contributed by atoms with E-state index in [-0.39, 0.29) is 35.7 Å². The van der Waals surface area contributed by atoms with Crippen LogP contribution in [0.15, 0.2) is 48.7 Å². The Morgan fingerprint density at radius 3 is 2.66 bits per heavy atom. The Bertz CT molecular complexity index is 1210. The second-order valence-electron chi connectivity index (χ2n) is 7.73. The van der Waals surface area contributed by atoms with Gasteiger partial charge in [0.1, 0.15) is 5.75 Å². The fraction of sp³-hybridized carbons (Fsp3) is 0.217. The molecule has 0 aliphatic heterocycles. The van der Waals surface area contributed by atoms with Crippen molar-refractivity contribution in [2.75, 3.05) is 12.3 Å². The average molecular weight is 433 g/mol. The Balaban J connectivity index is 1.60. The summed E-state index contributed by atoms with van der Waals surface area (Å²) >= 11 is 0. The van der Waals surface area contributed by atoms with Crippen LogP contribution in [0.25, 0.3) is 5.69 Å². The van der Waals surface area contributed by atoms with E-state index in [0.717, 1.165) is 18.4 Å². The van der Waals surface area contributed by atoms with Gasteiger partial charge in [-0.3, -0.25) is 14.4 Å². The molecule has 32 heavy (non-hydrogen) atoms. The molecule has 0 unspecified atom stereocenters. The molecule has 9 heteroatoms. The highest BCUT2D eigenvalue weighted by Gasteiger charge is 2.24. The summed E-state index contributed by atoms with van der Waals surface area (Å²) in [7, 11) is 0. The number of nitrogens with one attached hydrogen (secondary N) is 1. The zero-order valence-corrected chi connectivity index (χ0v) is 17.5. The largest absolute Gasteiger partial charge is 0.484 e. The van der Waals surface area contributed by atoms with E-state index in [2.05, 4.69) is 10.4 Å². The summed E-state index contributed by atoms with van der Waals surface area (Å²) in [5, 5.41) is 7.25. The molecule has 5 N–H and O–H groups in total. The maximum Gasteiger partial charge on any atom is 0.255 e. The molecule has 2 aromatic carbocycles. The lowest BCUT2D eigenvalue weighted by Gasteiger charge is -2.09. The minimum absolute atomic E-state index is 0.0608. The van der Waals surface area contributed by atoms with Crippen LogP contribution < -0.4 is 21.5 Å². The number of ketones is 1. The van der Waals surface area contributed by atoms with Gasteiger partial charge in [-0.2, -0.15) is 0 Å². The molecule has 4 rings (SSSR count). The van der Waals surface area contributed by atoms with Crippen LogP contribution in [0.3, 0.4) is 0 Å². The van der Waals surface area contributed by atoms with Gasteiger partial charge in [-0.1, -0.05) is 18.2 Å². The predicted octanol–water partition coefficient (Wildman–Crippen LogP) is 1.75. The van der Waals surface area contributed by atoms with Crippen molar-refractivity contribution in [3.63, 3.8) is 0 Å². The Kier molecular flexibility index (Phi) is 5.63. The van der Waals surface area contributed by atoms with Gasteiger partial charge in [-0.15, -0.1) is 5.10 Å². The first kappa shape index (κ1) is 21.1. The summed E-state index contributed by atoms with van der Waals surface area (Å²) in [5.74, 6) is -0.705. The third-order valence-electron chi connectivity index (χ3n) is 5.10. The van der Waals surface area contributed by atoms with Crippen LogP contribution in [0.4, 0.5) is 5.82 Å². The molecule has 1 aliphatic carbocycles. The summed E-state index contributed by atoms with van der Waals surface area (Å²) in [6.07, 6.45) is 3.54. The van der Waals surface area contributed by atoms with Gasteiger partial charge in [-0.25, -0.2) is 4.68 Å². The van der Waals surface area contributed by atoms with Crippen LogP contribution in [-0.4, -0.2) is 40.0 Å². The van der Waals surface area contributed by atoms with E-state index < -0.39 is 5.91 Å². The normalized spacial score (nSPS) is 12.9. The highest BCUT2D eigenvalue weighted by atomic mass is 16.5. The van der Waals surface area contributed by atoms with Crippen molar-refractivity contribution in [3.05, 3.63) is 70.9 Å². The molecule has 0 saturated heterocycles. The second-order valence-corrected chi connectivity index (χ2v) is 7.73. The molecule has 1 fully saturated rings. The highest BCUT2D eigenvalue weighted by molar-refractivity contribution is 6.11. The number of nitrogen functional groups attached to an aromatic ring is 1. The van der Waals surface area contributed by atoms with Crippen molar-refractivity contribution >= 4 is 23.4 Å². The number of ether oxygens (including phenoxy) is 1. The number of amides is 2. The zero-order valence-electron chi connectivity index (χ0n) is 17.5. The number of primary amides is 1. The number of aryl methyl sites for hydroxylation is 1. The van der Waals surface area contributed by atoms with Gasteiger partial charge in [0.15, 0.2) is 18.2 Å². The van der Waals surface area contributed by atoms with E-state index in [9.17, 15) is 14.4 Å². The van der Waals surface area contributed by atoms with E-state index in [1.807, 2.05) is 13.0 Å². The SMILES string of the molecule is Cc1ccc(C(=O)NC2CC2)cc1-n1cc(C(=O)c2cccc(OCC(N)=O)c2)c(N)n1. The van der Waals surface area contributed by atoms with Gasteiger partial charge in [0.25, 0.3) is 11.8 Å². The summed E-state index contributed by atoms with van der Waals surface area (Å²) in [5.41, 5.74) is 13.7.